The summed E-state index contributed by atoms with van der Waals surface area (Å²) in [5.74, 6) is 1.57. The van der Waals surface area contributed by atoms with Crippen LogP contribution in [0.25, 0.3) is 0 Å². The zero-order chi connectivity index (χ0) is 12.1. The predicted octanol–water partition coefficient (Wildman–Crippen LogP) is 3.90. The lowest BCUT2D eigenvalue weighted by atomic mass is 9.83. The van der Waals surface area contributed by atoms with Gasteiger partial charge in [-0.2, -0.15) is 0 Å². The van der Waals surface area contributed by atoms with Crippen LogP contribution in [0.15, 0.2) is 12.4 Å². The molecule has 0 amide bonds. The quantitative estimate of drug-likeness (QED) is 0.884. The number of halogens is 1. The Morgan fingerprint density at radius 1 is 1.35 bits per heavy atom. The number of hydrogen-bond donors (Lipinski definition) is 1. The maximum atomic E-state index is 5.84. The summed E-state index contributed by atoms with van der Waals surface area (Å²) >= 11 is 5.84. The van der Waals surface area contributed by atoms with E-state index in [-0.39, 0.29) is 0 Å². The van der Waals surface area contributed by atoms with E-state index in [9.17, 15) is 0 Å². The molecule has 4 heteroatoms. The zero-order valence-corrected chi connectivity index (χ0v) is 11.1. The molecule has 1 unspecified atom stereocenters. The summed E-state index contributed by atoms with van der Waals surface area (Å²) in [6.07, 6.45) is 11.2. The van der Waals surface area contributed by atoms with E-state index in [2.05, 4.69) is 22.2 Å². The van der Waals surface area contributed by atoms with Gasteiger partial charge in [-0.1, -0.05) is 37.8 Å². The highest BCUT2D eigenvalue weighted by Crippen LogP contribution is 2.29. The van der Waals surface area contributed by atoms with Gasteiger partial charge in [-0.15, -0.1) is 0 Å². The van der Waals surface area contributed by atoms with Gasteiger partial charge in [0.25, 0.3) is 0 Å². The van der Waals surface area contributed by atoms with Gasteiger partial charge in [0.1, 0.15) is 11.0 Å². The smallest absolute Gasteiger partial charge is 0.149 e. The molecule has 0 aliphatic heterocycles. The Labute approximate surface area is 108 Å². The summed E-state index contributed by atoms with van der Waals surface area (Å²) in [7, 11) is 0. The van der Waals surface area contributed by atoms with Crippen LogP contribution in [-0.4, -0.2) is 16.0 Å². The number of anilines is 1. The molecule has 3 nitrogen and oxygen atoms in total. The largest absolute Gasteiger partial charge is 0.366 e. The van der Waals surface area contributed by atoms with Crippen molar-refractivity contribution in [3.8, 4) is 0 Å². The monoisotopic (exact) mass is 253 g/mol. The maximum absolute atomic E-state index is 5.84. The third-order valence-corrected chi connectivity index (χ3v) is 3.78. The van der Waals surface area contributed by atoms with Gasteiger partial charge in [0.05, 0.1) is 12.4 Å². The van der Waals surface area contributed by atoms with Gasteiger partial charge < -0.3 is 5.32 Å². The van der Waals surface area contributed by atoms with E-state index < -0.39 is 0 Å². The highest BCUT2D eigenvalue weighted by atomic mass is 35.5. The summed E-state index contributed by atoms with van der Waals surface area (Å²) in [4.78, 5) is 8.31. The van der Waals surface area contributed by atoms with Crippen molar-refractivity contribution in [1.82, 2.24) is 9.97 Å². The minimum atomic E-state index is 0.452. The molecule has 1 aliphatic rings. The van der Waals surface area contributed by atoms with Crippen molar-refractivity contribution in [3.05, 3.63) is 17.5 Å². The van der Waals surface area contributed by atoms with Crippen molar-refractivity contribution < 1.29 is 0 Å². The van der Waals surface area contributed by atoms with Gasteiger partial charge in [0.15, 0.2) is 0 Å². The fourth-order valence-corrected chi connectivity index (χ4v) is 2.84. The average molecular weight is 254 g/mol. The van der Waals surface area contributed by atoms with Crippen molar-refractivity contribution in [2.24, 2.45) is 5.92 Å². The number of nitrogens with one attached hydrogen (secondary N) is 1. The van der Waals surface area contributed by atoms with Crippen LogP contribution in [0.1, 0.15) is 45.4 Å². The van der Waals surface area contributed by atoms with E-state index in [0.717, 1.165) is 18.2 Å². The Bertz CT molecular complexity index is 350. The molecule has 2 rings (SSSR count). The molecule has 1 N–H and O–H groups in total. The normalized spacial score (nSPS) is 18.9. The van der Waals surface area contributed by atoms with Gasteiger partial charge in [-0.05, 0) is 25.2 Å². The molecular formula is C13H20ClN3. The SMILES string of the molecule is CCC(Nc1cncc(Cl)n1)C1CCCCC1. The van der Waals surface area contributed by atoms with E-state index in [1.165, 1.54) is 32.1 Å². The number of rotatable bonds is 4. The molecule has 1 atom stereocenters. The van der Waals surface area contributed by atoms with E-state index in [4.69, 9.17) is 11.6 Å². The van der Waals surface area contributed by atoms with Crippen molar-refractivity contribution >= 4 is 17.4 Å². The van der Waals surface area contributed by atoms with Crippen LogP contribution in [0, 0.1) is 5.92 Å². The van der Waals surface area contributed by atoms with Crippen LogP contribution in [0.2, 0.25) is 5.15 Å². The van der Waals surface area contributed by atoms with Crippen LogP contribution in [0.4, 0.5) is 5.82 Å². The fourth-order valence-electron chi connectivity index (χ4n) is 2.69. The third-order valence-electron chi connectivity index (χ3n) is 3.60. The van der Waals surface area contributed by atoms with E-state index in [0.29, 0.717) is 11.2 Å². The van der Waals surface area contributed by atoms with Gasteiger partial charge >= 0.3 is 0 Å². The lowest BCUT2D eigenvalue weighted by molar-refractivity contribution is 0.312. The second-order valence-corrected chi connectivity index (χ2v) is 5.17. The summed E-state index contributed by atoms with van der Waals surface area (Å²) in [6, 6.07) is 0.503. The minimum absolute atomic E-state index is 0.452. The van der Waals surface area contributed by atoms with E-state index >= 15 is 0 Å². The molecule has 1 aromatic heterocycles. The van der Waals surface area contributed by atoms with Crippen molar-refractivity contribution in [3.63, 3.8) is 0 Å². The molecule has 1 heterocycles. The number of aromatic nitrogens is 2. The molecule has 0 saturated heterocycles. The Balaban J connectivity index is 1.98. The van der Waals surface area contributed by atoms with Crippen LogP contribution < -0.4 is 5.32 Å². The summed E-state index contributed by atoms with van der Waals surface area (Å²) < 4.78 is 0. The second kappa shape index (κ2) is 6.20. The molecule has 1 saturated carbocycles. The second-order valence-electron chi connectivity index (χ2n) is 4.78. The van der Waals surface area contributed by atoms with E-state index in [1.807, 2.05) is 0 Å². The highest BCUT2D eigenvalue weighted by molar-refractivity contribution is 6.29. The molecule has 0 radical (unpaired) electrons. The van der Waals surface area contributed by atoms with Crippen LogP contribution in [0.3, 0.4) is 0 Å². The molecule has 1 aliphatic carbocycles. The standard InChI is InChI=1S/C13H20ClN3/c1-2-11(10-6-4-3-5-7-10)16-13-9-15-8-12(14)17-13/h8-11H,2-7H2,1H3,(H,16,17). The maximum Gasteiger partial charge on any atom is 0.149 e. The topological polar surface area (TPSA) is 37.8 Å². The van der Waals surface area contributed by atoms with Crippen LogP contribution in [-0.2, 0) is 0 Å². The molecule has 1 aromatic rings. The Morgan fingerprint density at radius 2 is 2.12 bits per heavy atom. The molecule has 0 spiro atoms. The first kappa shape index (κ1) is 12.6. The molecule has 0 aromatic carbocycles. The first-order valence-electron chi connectivity index (χ1n) is 6.53. The third kappa shape index (κ3) is 3.56. The number of nitrogens with zero attached hydrogens (tertiary/aromatic N) is 2. The van der Waals surface area contributed by atoms with Gasteiger partial charge in [0.2, 0.25) is 0 Å². The van der Waals surface area contributed by atoms with Gasteiger partial charge in [-0.3, -0.25) is 4.98 Å². The lowest BCUT2D eigenvalue weighted by Gasteiger charge is -2.30. The highest BCUT2D eigenvalue weighted by Gasteiger charge is 2.22. The van der Waals surface area contributed by atoms with Gasteiger partial charge in [-0.25, -0.2) is 4.98 Å². The van der Waals surface area contributed by atoms with Crippen molar-refractivity contribution in [2.45, 2.75) is 51.5 Å². The summed E-state index contributed by atoms with van der Waals surface area (Å²) in [5, 5.41) is 3.93. The van der Waals surface area contributed by atoms with Crippen molar-refractivity contribution in [1.29, 1.82) is 0 Å². The molecule has 17 heavy (non-hydrogen) atoms. The Morgan fingerprint density at radius 3 is 2.76 bits per heavy atom. The number of hydrogen-bond acceptors (Lipinski definition) is 3. The Kier molecular flexibility index (Phi) is 4.60. The molecule has 94 valence electrons. The molecular weight excluding hydrogens is 234 g/mol. The average Bonchev–Trinajstić information content (AvgIpc) is 2.37. The Hall–Kier alpha value is -0.830. The summed E-state index contributed by atoms with van der Waals surface area (Å²) in [6.45, 7) is 2.23. The first-order chi connectivity index (χ1) is 8.29. The predicted molar refractivity (Wildman–Crippen MR) is 71.3 cm³/mol. The minimum Gasteiger partial charge on any atom is -0.366 e. The molecule has 0 bridgehead atoms. The van der Waals surface area contributed by atoms with Gasteiger partial charge in [0, 0.05) is 6.04 Å². The van der Waals surface area contributed by atoms with Crippen LogP contribution >= 0.6 is 11.6 Å². The van der Waals surface area contributed by atoms with Crippen LogP contribution in [0.5, 0.6) is 0 Å². The zero-order valence-electron chi connectivity index (χ0n) is 10.3. The summed E-state index contributed by atoms with van der Waals surface area (Å²) in [5.41, 5.74) is 0. The fraction of sp³-hybridized carbons (Fsp3) is 0.692. The van der Waals surface area contributed by atoms with Crippen molar-refractivity contribution in [2.75, 3.05) is 5.32 Å². The lowest BCUT2D eigenvalue weighted by Crippen LogP contribution is -2.30. The van der Waals surface area contributed by atoms with E-state index in [1.54, 1.807) is 12.4 Å². The molecule has 1 fully saturated rings. The first-order valence-corrected chi connectivity index (χ1v) is 6.91.